The zero-order chi connectivity index (χ0) is 10.1. The van der Waals surface area contributed by atoms with E-state index in [1.165, 1.54) is 15.6 Å². The topological polar surface area (TPSA) is 20.2 Å². The summed E-state index contributed by atoms with van der Waals surface area (Å²) in [6.45, 7) is 2.19. The van der Waals surface area contributed by atoms with Crippen LogP contribution in [0.25, 0.3) is 10.1 Å². The maximum absolute atomic E-state index is 9.24. The Hall–Kier alpha value is -0.510. The fourth-order valence-corrected chi connectivity index (χ4v) is 3.15. The smallest absolute Gasteiger partial charge is 0.0685 e. The normalized spacial score (nSPS) is 11.1. The van der Waals surface area contributed by atoms with E-state index in [0.717, 1.165) is 16.9 Å². The van der Waals surface area contributed by atoms with Gasteiger partial charge in [0.1, 0.15) is 0 Å². The van der Waals surface area contributed by atoms with Crippen molar-refractivity contribution in [3.8, 4) is 0 Å². The Kier molecular flexibility index (Phi) is 2.81. The minimum absolute atomic E-state index is 0.102. The number of fused-ring (bicyclic) bond motifs is 1. The van der Waals surface area contributed by atoms with E-state index in [4.69, 9.17) is 0 Å². The monoisotopic (exact) mass is 224 g/mol. The second-order valence-electron chi connectivity index (χ2n) is 3.21. The Morgan fingerprint density at radius 2 is 2.29 bits per heavy atom. The van der Waals surface area contributed by atoms with Crippen molar-refractivity contribution in [2.45, 2.75) is 24.8 Å². The molecule has 14 heavy (non-hydrogen) atoms. The molecule has 3 heteroatoms. The molecule has 1 aromatic heterocycles. The predicted molar refractivity (Wildman–Crippen MR) is 64.4 cm³/mol. The van der Waals surface area contributed by atoms with Gasteiger partial charge in [-0.3, -0.25) is 0 Å². The molecule has 2 aromatic rings. The highest BCUT2D eigenvalue weighted by molar-refractivity contribution is 7.80. The molecule has 0 radical (unpaired) electrons. The molecule has 0 saturated heterocycles. The van der Waals surface area contributed by atoms with Crippen molar-refractivity contribution in [1.29, 1.82) is 0 Å². The van der Waals surface area contributed by atoms with Crippen LogP contribution in [0.2, 0.25) is 0 Å². The lowest BCUT2D eigenvalue weighted by atomic mass is 10.0. The third kappa shape index (κ3) is 1.45. The molecule has 0 atom stereocenters. The second kappa shape index (κ2) is 3.93. The number of hydrogen-bond acceptors (Lipinski definition) is 3. The summed E-state index contributed by atoms with van der Waals surface area (Å²) in [4.78, 5) is 1.02. The number of aliphatic hydroxyl groups excluding tert-OH is 1. The molecule has 1 N–H and O–H groups in total. The summed E-state index contributed by atoms with van der Waals surface area (Å²) in [5, 5.41) is 12.5. The van der Waals surface area contributed by atoms with Gasteiger partial charge in [0.25, 0.3) is 0 Å². The van der Waals surface area contributed by atoms with Crippen molar-refractivity contribution < 1.29 is 5.11 Å². The van der Waals surface area contributed by atoms with Crippen LogP contribution in [0.5, 0.6) is 0 Å². The molecule has 1 nitrogen and oxygen atoms in total. The summed E-state index contributed by atoms with van der Waals surface area (Å²) in [6, 6.07) is 4.15. The van der Waals surface area contributed by atoms with Crippen LogP contribution >= 0.6 is 24.0 Å². The molecule has 1 aromatic carbocycles. The van der Waals surface area contributed by atoms with Gasteiger partial charge < -0.3 is 5.11 Å². The molecule has 0 unspecified atom stereocenters. The minimum atomic E-state index is 0.102. The highest BCUT2D eigenvalue weighted by atomic mass is 32.1. The van der Waals surface area contributed by atoms with E-state index in [2.05, 4.69) is 37.1 Å². The van der Waals surface area contributed by atoms with Crippen LogP contribution in [0.3, 0.4) is 0 Å². The lowest BCUT2D eigenvalue weighted by molar-refractivity contribution is 0.280. The van der Waals surface area contributed by atoms with Gasteiger partial charge in [0.05, 0.1) is 6.61 Å². The van der Waals surface area contributed by atoms with Crippen LogP contribution in [0, 0.1) is 0 Å². The number of thiol groups is 1. The van der Waals surface area contributed by atoms with Crippen LogP contribution in [0.1, 0.15) is 18.1 Å². The van der Waals surface area contributed by atoms with Gasteiger partial charge in [0, 0.05) is 15.0 Å². The van der Waals surface area contributed by atoms with Crippen LogP contribution in [0.4, 0.5) is 0 Å². The molecule has 0 aliphatic carbocycles. The molecule has 2 rings (SSSR count). The molecule has 0 fully saturated rings. The Morgan fingerprint density at radius 1 is 1.50 bits per heavy atom. The Labute approximate surface area is 92.8 Å². The third-order valence-corrected chi connectivity index (χ3v) is 3.83. The van der Waals surface area contributed by atoms with Crippen molar-refractivity contribution in [2.75, 3.05) is 0 Å². The van der Waals surface area contributed by atoms with Crippen LogP contribution < -0.4 is 0 Å². The van der Waals surface area contributed by atoms with Crippen molar-refractivity contribution in [1.82, 2.24) is 0 Å². The SMILES string of the molecule is CCc1c(CO)cc2sccc2c1S. The average molecular weight is 224 g/mol. The zero-order valence-electron chi connectivity index (χ0n) is 7.95. The molecular weight excluding hydrogens is 212 g/mol. The standard InChI is InChI=1S/C11H12OS2/c1-2-8-7(6-12)5-10-9(11(8)13)3-4-14-10/h3-5,12-13H,2,6H2,1H3. The van der Waals surface area contributed by atoms with E-state index in [9.17, 15) is 5.11 Å². The maximum atomic E-state index is 9.24. The molecule has 0 saturated carbocycles. The van der Waals surface area contributed by atoms with Crippen LogP contribution in [0.15, 0.2) is 22.4 Å². The molecule has 0 bridgehead atoms. The molecule has 0 amide bonds. The van der Waals surface area contributed by atoms with Crippen molar-refractivity contribution in [3.05, 3.63) is 28.6 Å². The van der Waals surface area contributed by atoms with Gasteiger partial charge in [0.15, 0.2) is 0 Å². The molecule has 1 heterocycles. The van der Waals surface area contributed by atoms with E-state index in [1.807, 2.05) is 0 Å². The van der Waals surface area contributed by atoms with Crippen LogP contribution in [-0.4, -0.2) is 5.11 Å². The average Bonchev–Trinajstić information content (AvgIpc) is 2.65. The van der Waals surface area contributed by atoms with Gasteiger partial charge in [-0.2, -0.15) is 0 Å². The van der Waals surface area contributed by atoms with E-state index >= 15 is 0 Å². The summed E-state index contributed by atoms with van der Waals surface area (Å²) in [5.41, 5.74) is 2.18. The molecule has 0 aliphatic heterocycles. The Balaban J connectivity index is 2.79. The Morgan fingerprint density at radius 3 is 2.93 bits per heavy atom. The van der Waals surface area contributed by atoms with Gasteiger partial charge in [-0.25, -0.2) is 0 Å². The number of hydrogen-bond donors (Lipinski definition) is 2. The number of rotatable bonds is 2. The van der Waals surface area contributed by atoms with Gasteiger partial charge >= 0.3 is 0 Å². The molecule has 74 valence electrons. The minimum Gasteiger partial charge on any atom is -0.392 e. The summed E-state index contributed by atoms with van der Waals surface area (Å²) in [7, 11) is 0. The number of thiophene rings is 1. The first-order valence-corrected chi connectivity index (χ1v) is 5.92. The molecule has 0 spiro atoms. The first-order valence-electron chi connectivity index (χ1n) is 4.59. The first kappa shape index (κ1) is 10.0. The van der Waals surface area contributed by atoms with Crippen LogP contribution in [-0.2, 0) is 13.0 Å². The summed E-state index contributed by atoms with van der Waals surface area (Å²) in [6.07, 6.45) is 0.917. The van der Waals surface area contributed by atoms with Crippen molar-refractivity contribution in [2.24, 2.45) is 0 Å². The first-order chi connectivity index (χ1) is 6.77. The number of benzene rings is 1. The lowest BCUT2D eigenvalue weighted by Crippen LogP contribution is -1.94. The summed E-state index contributed by atoms with van der Waals surface area (Å²) in [5.74, 6) is 0. The maximum Gasteiger partial charge on any atom is 0.0685 e. The lowest BCUT2D eigenvalue weighted by Gasteiger charge is -2.09. The third-order valence-electron chi connectivity index (χ3n) is 2.45. The second-order valence-corrected chi connectivity index (χ2v) is 4.60. The van der Waals surface area contributed by atoms with E-state index < -0.39 is 0 Å². The fraction of sp³-hybridized carbons (Fsp3) is 0.273. The Bertz CT molecular complexity index is 460. The zero-order valence-corrected chi connectivity index (χ0v) is 9.66. The van der Waals surface area contributed by atoms with Gasteiger partial charge in [0.2, 0.25) is 0 Å². The summed E-state index contributed by atoms with van der Waals surface area (Å²) >= 11 is 6.22. The highest BCUT2D eigenvalue weighted by Crippen LogP contribution is 2.32. The van der Waals surface area contributed by atoms with Gasteiger partial charge in [-0.15, -0.1) is 24.0 Å². The molecule has 0 aliphatic rings. The van der Waals surface area contributed by atoms with Crippen molar-refractivity contribution in [3.63, 3.8) is 0 Å². The quantitative estimate of drug-likeness (QED) is 0.750. The van der Waals surface area contributed by atoms with E-state index in [0.29, 0.717) is 0 Å². The van der Waals surface area contributed by atoms with Gasteiger partial charge in [-0.1, -0.05) is 6.92 Å². The summed E-state index contributed by atoms with van der Waals surface area (Å²) < 4.78 is 1.20. The highest BCUT2D eigenvalue weighted by Gasteiger charge is 2.09. The van der Waals surface area contributed by atoms with E-state index in [1.54, 1.807) is 11.3 Å². The van der Waals surface area contributed by atoms with E-state index in [-0.39, 0.29) is 6.61 Å². The fourth-order valence-electron chi connectivity index (χ4n) is 1.72. The predicted octanol–water partition coefficient (Wildman–Crippen LogP) is 3.24. The number of aliphatic hydroxyl groups is 1. The molecular formula is C11H12OS2. The largest absolute Gasteiger partial charge is 0.392 e. The van der Waals surface area contributed by atoms with Crippen molar-refractivity contribution >= 4 is 34.1 Å². The van der Waals surface area contributed by atoms with Gasteiger partial charge in [-0.05, 0) is 35.1 Å².